The number of nitriles is 1. The lowest BCUT2D eigenvalue weighted by Crippen LogP contribution is -2.31. The molecule has 2 unspecified atom stereocenters. The molecule has 1 aromatic carbocycles. The van der Waals surface area contributed by atoms with Crippen LogP contribution in [0.2, 0.25) is 5.02 Å². The van der Waals surface area contributed by atoms with Crippen molar-refractivity contribution in [2.75, 3.05) is 5.32 Å². The molecule has 0 amide bonds. The van der Waals surface area contributed by atoms with Gasteiger partial charge in [-0.25, -0.2) is 4.98 Å². The fraction of sp³-hybridized carbons (Fsp3) is 0.188. The molecule has 3 rings (SSSR count). The first-order valence-electron chi connectivity index (χ1n) is 6.85. The van der Waals surface area contributed by atoms with Crippen LogP contribution in [0.4, 0.5) is 5.82 Å². The summed E-state index contributed by atoms with van der Waals surface area (Å²) >= 11 is 11.3. The van der Waals surface area contributed by atoms with Crippen molar-refractivity contribution in [3.63, 3.8) is 0 Å². The van der Waals surface area contributed by atoms with Crippen LogP contribution in [-0.4, -0.2) is 16.1 Å². The number of rotatable bonds is 3. The highest BCUT2D eigenvalue weighted by Crippen LogP contribution is 2.41. The Labute approximate surface area is 139 Å². The molecular formula is C16H13ClN4S. The predicted octanol–water partition coefficient (Wildman–Crippen LogP) is 3.45. The maximum atomic E-state index is 8.95. The lowest BCUT2D eigenvalue weighted by Gasteiger charge is -2.10. The molecule has 1 heterocycles. The molecule has 2 atom stereocenters. The average Bonchev–Trinajstić information content (AvgIpc) is 3.29. The summed E-state index contributed by atoms with van der Waals surface area (Å²) in [5.41, 5.74) is 1.85. The molecule has 6 heteroatoms. The van der Waals surface area contributed by atoms with Gasteiger partial charge in [0, 0.05) is 18.2 Å². The molecule has 1 saturated carbocycles. The van der Waals surface area contributed by atoms with E-state index in [1.807, 2.05) is 24.3 Å². The predicted molar refractivity (Wildman–Crippen MR) is 90.9 cm³/mol. The number of anilines is 1. The number of benzene rings is 1. The zero-order chi connectivity index (χ0) is 15.5. The quantitative estimate of drug-likeness (QED) is 0.845. The van der Waals surface area contributed by atoms with Gasteiger partial charge in [0.2, 0.25) is 0 Å². The van der Waals surface area contributed by atoms with E-state index < -0.39 is 0 Å². The van der Waals surface area contributed by atoms with Gasteiger partial charge in [0.15, 0.2) is 10.9 Å². The van der Waals surface area contributed by atoms with E-state index in [1.165, 1.54) is 0 Å². The number of pyridine rings is 1. The first-order valence-corrected chi connectivity index (χ1v) is 7.64. The van der Waals surface area contributed by atoms with E-state index in [9.17, 15) is 0 Å². The molecular weight excluding hydrogens is 316 g/mol. The third-order valence-corrected chi connectivity index (χ3v) is 4.07. The van der Waals surface area contributed by atoms with Gasteiger partial charge in [-0.05, 0) is 48.5 Å². The van der Waals surface area contributed by atoms with Crippen molar-refractivity contribution in [3.05, 3.63) is 58.7 Å². The first-order chi connectivity index (χ1) is 10.7. The van der Waals surface area contributed by atoms with Crippen molar-refractivity contribution in [1.29, 1.82) is 5.26 Å². The van der Waals surface area contributed by atoms with E-state index in [1.54, 1.807) is 18.3 Å². The van der Waals surface area contributed by atoms with Crippen LogP contribution in [0, 0.1) is 11.3 Å². The van der Waals surface area contributed by atoms with Crippen LogP contribution in [-0.2, 0) is 0 Å². The van der Waals surface area contributed by atoms with E-state index in [0.717, 1.165) is 12.0 Å². The minimum absolute atomic E-state index is 0.274. The second-order valence-corrected chi connectivity index (χ2v) is 5.93. The van der Waals surface area contributed by atoms with Gasteiger partial charge in [0.1, 0.15) is 0 Å². The number of hydrogen-bond donors (Lipinski definition) is 2. The topological polar surface area (TPSA) is 60.7 Å². The van der Waals surface area contributed by atoms with Crippen molar-refractivity contribution in [1.82, 2.24) is 10.3 Å². The van der Waals surface area contributed by atoms with Gasteiger partial charge in [-0.2, -0.15) is 5.26 Å². The zero-order valence-electron chi connectivity index (χ0n) is 11.6. The zero-order valence-corrected chi connectivity index (χ0v) is 13.2. The largest absolute Gasteiger partial charge is 0.359 e. The highest BCUT2D eigenvalue weighted by atomic mass is 35.5. The summed E-state index contributed by atoms with van der Waals surface area (Å²) in [4.78, 5) is 4.14. The smallest absolute Gasteiger partial charge is 0.172 e. The second kappa shape index (κ2) is 6.30. The van der Waals surface area contributed by atoms with E-state index in [2.05, 4.69) is 21.7 Å². The Bertz CT molecular complexity index is 756. The third-order valence-electron chi connectivity index (χ3n) is 3.54. The van der Waals surface area contributed by atoms with Crippen LogP contribution in [0.25, 0.3) is 0 Å². The molecule has 22 heavy (non-hydrogen) atoms. The Kier molecular flexibility index (Phi) is 4.23. The molecule has 2 N–H and O–H groups in total. The monoisotopic (exact) mass is 328 g/mol. The Balaban J connectivity index is 1.58. The number of halogens is 1. The highest BCUT2D eigenvalue weighted by Gasteiger charge is 2.39. The molecule has 0 bridgehead atoms. The Hall–Kier alpha value is -2.16. The number of nitrogens with zero attached hydrogens (tertiary/aromatic N) is 2. The Morgan fingerprint density at radius 3 is 3.00 bits per heavy atom. The van der Waals surface area contributed by atoms with Gasteiger partial charge in [0.25, 0.3) is 0 Å². The molecule has 0 aliphatic heterocycles. The Morgan fingerprint density at radius 1 is 1.36 bits per heavy atom. The summed E-state index contributed by atoms with van der Waals surface area (Å²) in [6.07, 6.45) is 2.65. The van der Waals surface area contributed by atoms with E-state index >= 15 is 0 Å². The minimum Gasteiger partial charge on any atom is -0.359 e. The van der Waals surface area contributed by atoms with Crippen molar-refractivity contribution in [2.24, 2.45) is 0 Å². The summed E-state index contributed by atoms with van der Waals surface area (Å²) in [5.74, 6) is 0.928. The van der Waals surface area contributed by atoms with Crippen LogP contribution < -0.4 is 10.6 Å². The summed E-state index contributed by atoms with van der Waals surface area (Å²) < 4.78 is 0. The van der Waals surface area contributed by atoms with E-state index in [-0.39, 0.29) is 6.04 Å². The molecule has 1 fully saturated rings. The average molecular weight is 329 g/mol. The number of hydrogen-bond acceptors (Lipinski definition) is 3. The van der Waals surface area contributed by atoms with E-state index in [0.29, 0.717) is 27.4 Å². The molecule has 110 valence electrons. The van der Waals surface area contributed by atoms with Crippen LogP contribution in [0.15, 0.2) is 42.6 Å². The lowest BCUT2D eigenvalue weighted by atomic mass is 10.1. The van der Waals surface area contributed by atoms with Gasteiger partial charge in [-0.15, -0.1) is 0 Å². The molecule has 0 saturated heterocycles. The SMILES string of the molecule is N#Cc1cccc(C2CC2NC(=S)Nc2ncccc2Cl)c1. The first kappa shape index (κ1) is 14.8. The molecule has 1 aliphatic carbocycles. The van der Waals surface area contributed by atoms with Crippen LogP contribution in [0.1, 0.15) is 23.5 Å². The fourth-order valence-corrected chi connectivity index (χ4v) is 2.77. The van der Waals surface area contributed by atoms with Gasteiger partial charge < -0.3 is 10.6 Å². The molecule has 4 nitrogen and oxygen atoms in total. The molecule has 1 aliphatic rings. The standard InChI is InChI=1S/C16H13ClN4S/c17-13-5-2-6-19-15(13)21-16(22)20-14-8-12(14)11-4-1-3-10(7-11)9-18/h1-7,12,14H,8H2,(H2,19,20,21,22). The van der Waals surface area contributed by atoms with Gasteiger partial charge in [-0.1, -0.05) is 23.7 Å². The normalized spacial score (nSPS) is 19.1. The third kappa shape index (κ3) is 3.35. The van der Waals surface area contributed by atoms with Gasteiger partial charge >= 0.3 is 0 Å². The fourth-order valence-electron chi connectivity index (χ4n) is 2.35. The molecule has 2 aromatic rings. The summed E-state index contributed by atoms with van der Waals surface area (Å²) in [5, 5.41) is 16.2. The molecule has 0 radical (unpaired) electrons. The maximum Gasteiger partial charge on any atom is 0.172 e. The van der Waals surface area contributed by atoms with Crippen molar-refractivity contribution in [3.8, 4) is 6.07 Å². The minimum atomic E-state index is 0.274. The van der Waals surface area contributed by atoms with Crippen molar-refractivity contribution in [2.45, 2.75) is 18.4 Å². The summed E-state index contributed by atoms with van der Waals surface area (Å²) in [6.45, 7) is 0. The van der Waals surface area contributed by atoms with Crippen LogP contribution >= 0.6 is 23.8 Å². The highest BCUT2D eigenvalue weighted by molar-refractivity contribution is 7.80. The van der Waals surface area contributed by atoms with Crippen LogP contribution in [0.5, 0.6) is 0 Å². The lowest BCUT2D eigenvalue weighted by molar-refractivity contribution is 0.876. The van der Waals surface area contributed by atoms with Gasteiger partial charge in [-0.3, -0.25) is 0 Å². The molecule has 0 spiro atoms. The maximum absolute atomic E-state index is 8.95. The number of nitrogens with one attached hydrogen (secondary N) is 2. The summed E-state index contributed by atoms with van der Waals surface area (Å²) in [6, 6.07) is 13.7. The van der Waals surface area contributed by atoms with Crippen molar-refractivity contribution >= 4 is 34.7 Å². The van der Waals surface area contributed by atoms with Crippen molar-refractivity contribution < 1.29 is 0 Å². The number of thiocarbonyl (C=S) groups is 1. The van der Waals surface area contributed by atoms with E-state index in [4.69, 9.17) is 29.1 Å². The number of aromatic nitrogens is 1. The second-order valence-electron chi connectivity index (χ2n) is 5.12. The Morgan fingerprint density at radius 2 is 2.23 bits per heavy atom. The van der Waals surface area contributed by atoms with Gasteiger partial charge in [0.05, 0.1) is 16.7 Å². The molecule has 1 aromatic heterocycles. The summed E-state index contributed by atoms with van der Waals surface area (Å²) in [7, 11) is 0. The van der Waals surface area contributed by atoms with Crippen LogP contribution in [0.3, 0.4) is 0 Å².